The third-order valence-electron chi connectivity index (χ3n) is 1.72. The minimum Gasteiger partial charge on any atom is -0.293 e. The van der Waals surface area contributed by atoms with E-state index in [9.17, 15) is 4.79 Å². The van der Waals surface area contributed by atoms with Crippen LogP contribution in [0.1, 0.15) is 15.9 Å². The van der Waals surface area contributed by atoms with Gasteiger partial charge in [-0.05, 0) is 24.6 Å². The average Bonchev–Trinajstić information content (AvgIpc) is 2.12. The van der Waals surface area contributed by atoms with Crippen molar-refractivity contribution in [3.05, 3.63) is 32.8 Å². The van der Waals surface area contributed by atoms with Gasteiger partial charge in [0.05, 0.1) is 5.88 Å². The summed E-state index contributed by atoms with van der Waals surface area (Å²) in [5.74, 6) is -0.143. The topological polar surface area (TPSA) is 17.1 Å². The molecule has 0 aliphatic heterocycles. The van der Waals surface area contributed by atoms with E-state index in [0.717, 1.165) is 10.0 Å². The van der Waals surface area contributed by atoms with Crippen LogP contribution in [0.5, 0.6) is 0 Å². The Hall–Kier alpha value is -0.0500. The zero-order valence-electron chi connectivity index (χ0n) is 6.90. The molecule has 13 heavy (non-hydrogen) atoms. The number of Topliss-reactive ketones (excluding diaryl/α,β-unsaturated/α-hetero) is 1. The van der Waals surface area contributed by atoms with Crippen LogP contribution in [0.4, 0.5) is 0 Å². The third-order valence-corrected chi connectivity index (χ3v) is 3.18. The van der Waals surface area contributed by atoms with Gasteiger partial charge >= 0.3 is 0 Å². The second kappa shape index (κ2) is 4.45. The molecule has 0 aromatic heterocycles. The summed E-state index contributed by atoms with van der Waals surface area (Å²) in [7, 11) is 0. The SMILES string of the molecule is Cc1c(Cl)cc(C(=O)CCl)cc1Br. The van der Waals surface area contributed by atoms with E-state index in [2.05, 4.69) is 15.9 Å². The summed E-state index contributed by atoms with van der Waals surface area (Å²) in [6, 6.07) is 3.36. The summed E-state index contributed by atoms with van der Waals surface area (Å²) in [5.41, 5.74) is 1.46. The van der Waals surface area contributed by atoms with Crippen molar-refractivity contribution >= 4 is 44.9 Å². The summed E-state index contributed by atoms with van der Waals surface area (Å²) < 4.78 is 0.827. The number of alkyl halides is 1. The number of carbonyl (C=O) groups excluding carboxylic acids is 1. The average molecular weight is 282 g/mol. The second-order valence-corrected chi connectivity index (χ2v) is 4.15. The Bertz CT molecular complexity index is 326. The van der Waals surface area contributed by atoms with E-state index in [1.807, 2.05) is 6.92 Å². The first kappa shape index (κ1) is 11.0. The van der Waals surface area contributed by atoms with Crippen molar-refractivity contribution < 1.29 is 4.79 Å². The van der Waals surface area contributed by atoms with Gasteiger partial charge < -0.3 is 0 Å². The number of rotatable bonds is 2. The highest BCUT2D eigenvalue weighted by molar-refractivity contribution is 9.10. The molecule has 0 bridgehead atoms. The Morgan fingerprint density at radius 1 is 1.54 bits per heavy atom. The lowest BCUT2D eigenvalue weighted by atomic mass is 10.1. The maximum Gasteiger partial charge on any atom is 0.177 e. The van der Waals surface area contributed by atoms with Gasteiger partial charge in [-0.2, -0.15) is 0 Å². The molecule has 0 atom stereocenters. The van der Waals surface area contributed by atoms with Gasteiger partial charge in [0.25, 0.3) is 0 Å². The van der Waals surface area contributed by atoms with Crippen LogP contribution in [-0.2, 0) is 0 Å². The van der Waals surface area contributed by atoms with Gasteiger partial charge in [-0.25, -0.2) is 0 Å². The molecule has 0 aliphatic rings. The summed E-state index contributed by atoms with van der Waals surface area (Å²) in [4.78, 5) is 11.2. The molecule has 1 aromatic rings. The summed E-state index contributed by atoms with van der Waals surface area (Å²) in [6.45, 7) is 1.88. The Balaban J connectivity index is 3.20. The van der Waals surface area contributed by atoms with E-state index >= 15 is 0 Å². The fraction of sp³-hybridized carbons (Fsp3) is 0.222. The first-order chi connectivity index (χ1) is 6.06. The van der Waals surface area contributed by atoms with Crippen LogP contribution in [0.15, 0.2) is 16.6 Å². The van der Waals surface area contributed by atoms with Gasteiger partial charge in [0.1, 0.15) is 0 Å². The quantitative estimate of drug-likeness (QED) is 0.595. The minimum atomic E-state index is -0.121. The molecule has 1 nitrogen and oxygen atoms in total. The van der Waals surface area contributed by atoms with E-state index in [1.54, 1.807) is 12.1 Å². The number of carbonyl (C=O) groups is 1. The lowest BCUT2D eigenvalue weighted by Gasteiger charge is -2.04. The molecule has 0 amide bonds. The van der Waals surface area contributed by atoms with Gasteiger partial charge in [-0.1, -0.05) is 27.5 Å². The zero-order valence-corrected chi connectivity index (χ0v) is 10.0. The molecule has 70 valence electrons. The van der Waals surface area contributed by atoms with Crippen molar-refractivity contribution in [2.24, 2.45) is 0 Å². The molecule has 0 spiro atoms. The van der Waals surface area contributed by atoms with Crippen LogP contribution in [0.25, 0.3) is 0 Å². The largest absolute Gasteiger partial charge is 0.293 e. The van der Waals surface area contributed by atoms with Gasteiger partial charge in [0, 0.05) is 15.1 Å². The molecular weight excluding hydrogens is 275 g/mol. The number of halogens is 3. The Labute approximate surface area is 95.2 Å². The van der Waals surface area contributed by atoms with Gasteiger partial charge in [-0.3, -0.25) is 4.79 Å². The van der Waals surface area contributed by atoms with Crippen molar-refractivity contribution in [1.82, 2.24) is 0 Å². The third kappa shape index (κ3) is 2.46. The first-order valence-corrected chi connectivity index (χ1v) is 5.31. The smallest absolute Gasteiger partial charge is 0.177 e. The van der Waals surface area contributed by atoms with Crippen LogP contribution in [0.3, 0.4) is 0 Å². The highest BCUT2D eigenvalue weighted by atomic mass is 79.9. The molecule has 4 heteroatoms. The molecule has 0 heterocycles. The van der Waals surface area contributed by atoms with Crippen molar-refractivity contribution in [2.45, 2.75) is 6.92 Å². The van der Waals surface area contributed by atoms with E-state index in [0.29, 0.717) is 10.6 Å². The normalized spacial score (nSPS) is 10.2. The lowest BCUT2D eigenvalue weighted by Crippen LogP contribution is -2.00. The number of ketones is 1. The molecule has 0 saturated carbocycles. The van der Waals surface area contributed by atoms with E-state index in [-0.39, 0.29) is 11.7 Å². The highest BCUT2D eigenvalue weighted by Crippen LogP contribution is 2.26. The molecule has 1 rings (SSSR count). The summed E-state index contributed by atoms with van der Waals surface area (Å²) in [5, 5.41) is 0.572. The second-order valence-electron chi connectivity index (χ2n) is 2.62. The van der Waals surface area contributed by atoms with Crippen molar-refractivity contribution in [2.75, 3.05) is 5.88 Å². The van der Waals surface area contributed by atoms with Gasteiger partial charge in [-0.15, -0.1) is 11.6 Å². The summed E-state index contributed by atoms with van der Waals surface area (Å²) in [6.07, 6.45) is 0. The fourth-order valence-corrected chi connectivity index (χ4v) is 1.83. The molecule has 0 aliphatic carbocycles. The highest BCUT2D eigenvalue weighted by Gasteiger charge is 2.08. The maximum absolute atomic E-state index is 11.2. The molecule has 0 N–H and O–H groups in total. The number of hydrogen-bond acceptors (Lipinski definition) is 1. The Morgan fingerprint density at radius 3 is 2.62 bits per heavy atom. The van der Waals surface area contributed by atoms with E-state index in [4.69, 9.17) is 23.2 Å². The Morgan fingerprint density at radius 2 is 2.15 bits per heavy atom. The van der Waals surface area contributed by atoms with Crippen molar-refractivity contribution in [1.29, 1.82) is 0 Å². The number of benzene rings is 1. The standard InChI is InChI=1S/C9H7BrCl2O/c1-5-7(10)2-6(3-8(5)12)9(13)4-11/h2-3H,4H2,1H3. The van der Waals surface area contributed by atoms with Crippen molar-refractivity contribution in [3.63, 3.8) is 0 Å². The first-order valence-electron chi connectivity index (χ1n) is 3.61. The minimum absolute atomic E-state index is 0.0220. The zero-order chi connectivity index (χ0) is 10.0. The van der Waals surface area contributed by atoms with Crippen LogP contribution >= 0.6 is 39.1 Å². The maximum atomic E-state index is 11.2. The van der Waals surface area contributed by atoms with E-state index in [1.165, 1.54) is 0 Å². The molecule has 0 radical (unpaired) electrons. The Kier molecular flexibility index (Phi) is 3.77. The van der Waals surface area contributed by atoms with Crippen molar-refractivity contribution in [3.8, 4) is 0 Å². The summed E-state index contributed by atoms with van der Waals surface area (Å²) >= 11 is 14.6. The van der Waals surface area contributed by atoms with Crippen LogP contribution in [0, 0.1) is 6.92 Å². The molecule has 0 unspecified atom stereocenters. The predicted molar refractivity (Wildman–Crippen MR) is 58.9 cm³/mol. The van der Waals surface area contributed by atoms with Crippen LogP contribution in [0.2, 0.25) is 5.02 Å². The molecule has 0 fully saturated rings. The van der Waals surface area contributed by atoms with Crippen LogP contribution in [-0.4, -0.2) is 11.7 Å². The van der Waals surface area contributed by atoms with Crippen LogP contribution < -0.4 is 0 Å². The molecule has 1 aromatic carbocycles. The van der Waals surface area contributed by atoms with Gasteiger partial charge in [0.2, 0.25) is 0 Å². The lowest BCUT2D eigenvalue weighted by molar-refractivity contribution is 0.102. The fourth-order valence-electron chi connectivity index (χ4n) is 0.883. The number of hydrogen-bond donors (Lipinski definition) is 0. The molecular formula is C9H7BrCl2O. The molecule has 0 saturated heterocycles. The monoisotopic (exact) mass is 280 g/mol. The predicted octanol–water partition coefficient (Wildman–Crippen LogP) is 3.83. The van der Waals surface area contributed by atoms with Gasteiger partial charge in [0.15, 0.2) is 5.78 Å². The van der Waals surface area contributed by atoms with E-state index < -0.39 is 0 Å².